The molecule has 0 aromatic heterocycles. The maximum absolute atomic E-state index is 12.2. The summed E-state index contributed by atoms with van der Waals surface area (Å²) in [6, 6.07) is 4.85. The minimum absolute atomic E-state index is 0.193. The summed E-state index contributed by atoms with van der Waals surface area (Å²) in [6.07, 6.45) is -0.734. The van der Waals surface area contributed by atoms with Gasteiger partial charge in [0.2, 0.25) is 0 Å². The van der Waals surface area contributed by atoms with E-state index < -0.39 is 36.1 Å². The van der Waals surface area contributed by atoms with Gasteiger partial charge in [-0.2, -0.15) is 13.2 Å². The Hall–Kier alpha value is -3.24. The second kappa shape index (κ2) is 10.2. The van der Waals surface area contributed by atoms with E-state index in [1.165, 1.54) is 24.1 Å². The highest BCUT2D eigenvalue weighted by molar-refractivity contribution is 6.19. The van der Waals surface area contributed by atoms with Crippen LogP contribution in [-0.4, -0.2) is 59.1 Å². The van der Waals surface area contributed by atoms with Gasteiger partial charge in [0.1, 0.15) is 23.6 Å². The van der Waals surface area contributed by atoms with Crippen LogP contribution in [0.2, 0.25) is 0 Å². The number of ether oxygens (including phenoxy) is 1. The number of aliphatic hydroxyl groups is 1. The van der Waals surface area contributed by atoms with E-state index in [4.69, 9.17) is 9.84 Å². The van der Waals surface area contributed by atoms with Gasteiger partial charge in [-0.25, -0.2) is 0 Å². The monoisotopic (exact) mass is 444 g/mol. The lowest BCUT2D eigenvalue weighted by atomic mass is 9.96. The van der Waals surface area contributed by atoms with E-state index in [1.54, 1.807) is 0 Å². The zero-order valence-corrected chi connectivity index (χ0v) is 16.7. The topological polar surface area (TPSA) is 116 Å². The van der Waals surface area contributed by atoms with Gasteiger partial charge in [-0.3, -0.25) is 14.4 Å². The number of alkyl halides is 3. The molecule has 0 saturated heterocycles. The van der Waals surface area contributed by atoms with Gasteiger partial charge in [0, 0.05) is 20.0 Å². The Morgan fingerprint density at radius 3 is 2.32 bits per heavy atom. The summed E-state index contributed by atoms with van der Waals surface area (Å²) in [5.74, 6) is -2.47. The molecule has 3 rings (SSSR count). The van der Waals surface area contributed by atoms with Crippen LogP contribution in [0.1, 0.15) is 31.2 Å². The number of halogens is 3. The zero-order chi connectivity index (χ0) is 23.2. The molecule has 1 aromatic rings. The van der Waals surface area contributed by atoms with Crippen molar-refractivity contribution >= 4 is 17.8 Å². The highest BCUT2D eigenvalue weighted by atomic mass is 19.4. The van der Waals surface area contributed by atoms with Gasteiger partial charge >= 0.3 is 12.1 Å². The Bertz CT molecular complexity index is 847. The highest BCUT2D eigenvalue weighted by Crippen LogP contribution is 2.31. The first-order valence-electron chi connectivity index (χ1n) is 9.50. The number of carboxylic acids is 1. The fraction of sp³-hybridized carbons (Fsp3) is 0.450. The molecule has 1 aliphatic carbocycles. The maximum Gasteiger partial charge on any atom is 0.416 e. The number of likely N-dealkylation sites (N-methyl/N-ethyl adjacent to an activating group) is 1. The van der Waals surface area contributed by atoms with E-state index in [2.05, 4.69) is 0 Å². The second-order valence-corrected chi connectivity index (χ2v) is 7.07. The summed E-state index contributed by atoms with van der Waals surface area (Å²) in [7, 11) is 1.50. The minimum atomic E-state index is -4.27. The van der Waals surface area contributed by atoms with Gasteiger partial charge in [0.25, 0.3) is 11.8 Å². The first-order chi connectivity index (χ1) is 14.5. The molecule has 31 heavy (non-hydrogen) atoms. The summed E-state index contributed by atoms with van der Waals surface area (Å²) in [5.41, 5.74) is -1.02. The van der Waals surface area contributed by atoms with Crippen molar-refractivity contribution in [2.75, 3.05) is 20.1 Å². The zero-order valence-electron chi connectivity index (χ0n) is 16.7. The Kier molecular flexibility index (Phi) is 7.89. The van der Waals surface area contributed by atoms with E-state index in [0.717, 1.165) is 31.4 Å². The van der Waals surface area contributed by atoms with Crippen LogP contribution in [0.5, 0.6) is 5.75 Å². The van der Waals surface area contributed by atoms with Crippen LogP contribution in [0.4, 0.5) is 13.2 Å². The van der Waals surface area contributed by atoms with Crippen molar-refractivity contribution in [1.29, 1.82) is 0 Å². The molecular weight excluding hydrogens is 421 g/mol. The predicted octanol–water partition coefficient (Wildman–Crippen LogP) is 2.50. The van der Waals surface area contributed by atoms with E-state index in [1.807, 2.05) is 5.32 Å². The third-order valence-electron chi connectivity index (χ3n) is 4.70. The predicted molar refractivity (Wildman–Crippen MR) is 102 cm³/mol. The molecule has 0 atom stereocenters. The van der Waals surface area contributed by atoms with Crippen molar-refractivity contribution < 1.29 is 42.5 Å². The van der Waals surface area contributed by atoms with Gasteiger partial charge in [0.15, 0.2) is 0 Å². The molecule has 170 valence electrons. The number of aliphatic carboxylic acids is 1. The molecule has 1 fully saturated rings. The fourth-order valence-corrected chi connectivity index (χ4v) is 2.69. The smallest absolute Gasteiger partial charge is 0.416 e. The van der Waals surface area contributed by atoms with Crippen molar-refractivity contribution in [1.82, 2.24) is 10.2 Å². The molecule has 0 radical (unpaired) electrons. The Labute approximate surface area is 176 Å². The van der Waals surface area contributed by atoms with Gasteiger partial charge in [0.05, 0.1) is 11.7 Å². The molecule has 1 aliphatic heterocycles. The number of nitrogens with one attached hydrogen (secondary N) is 1. The number of nitrogens with zero attached hydrogens (tertiary/aromatic N) is 1. The SMILES string of the molecule is CN1CCC(O)=C(C(=O)NCC(=O)O)C1=O.FC(F)(F)c1ccc(OC2CCC2)cc1. The molecule has 8 nitrogen and oxygen atoms in total. The van der Waals surface area contributed by atoms with Crippen LogP contribution in [-0.2, 0) is 20.6 Å². The highest BCUT2D eigenvalue weighted by Gasteiger charge is 2.31. The normalized spacial score (nSPS) is 16.8. The standard InChI is InChI=1S/C11H11F3O.C9H12N2O5/c12-11(13,14)8-4-6-10(7-5-8)15-9-2-1-3-9;1-11-3-2-5(12)7(9(11)16)8(15)10-4-6(13)14/h4-7,9H,1-3H2;12H,2-4H2,1H3,(H,10,15)(H,13,14). The number of carbonyl (C=O) groups excluding carboxylic acids is 2. The van der Waals surface area contributed by atoms with Crippen LogP contribution in [0, 0.1) is 0 Å². The molecule has 11 heteroatoms. The van der Waals surface area contributed by atoms with Gasteiger partial charge in [-0.05, 0) is 43.5 Å². The summed E-state index contributed by atoms with van der Waals surface area (Å²) >= 11 is 0. The van der Waals surface area contributed by atoms with Crippen molar-refractivity contribution in [3.63, 3.8) is 0 Å². The molecule has 1 aromatic carbocycles. The fourth-order valence-electron chi connectivity index (χ4n) is 2.69. The Morgan fingerprint density at radius 2 is 1.84 bits per heavy atom. The molecule has 0 bridgehead atoms. The third kappa shape index (κ3) is 6.90. The number of carbonyl (C=O) groups is 3. The van der Waals surface area contributed by atoms with E-state index in [-0.39, 0.29) is 23.9 Å². The first kappa shape index (κ1) is 24.0. The first-order valence-corrected chi connectivity index (χ1v) is 9.50. The third-order valence-corrected chi connectivity index (χ3v) is 4.70. The van der Waals surface area contributed by atoms with Gasteiger partial charge in [-0.1, -0.05) is 0 Å². The van der Waals surface area contributed by atoms with Crippen LogP contribution in [0.15, 0.2) is 35.6 Å². The lowest BCUT2D eigenvalue weighted by Crippen LogP contribution is -2.41. The molecule has 0 unspecified atom stereocenters. The Morgan fingerprint density at radius 1 is 1.23 bits per heavy atom. The summed E-state index contributed by atoms with van der Waals surface area (Å²) in [4.78, 5) is 34.5. The summed E-state index contributed by atoms with van der Waals surface area (Å²) < 4.78 is 42.1. The number of hydrogen-bond donors (Lipinski definition) is 3. The number of benzene rings is 1. The van der Waals surface area contributed by atoms with Crippen molar-refractivity contribution in [2.45, 2.75) is 38.0 Å². The number of rotatable bonds is 5. The molecule has 2 amide bonds. The molecular formula is C20H23F3N2O6. The van der Waals surface area contributed by atoms with Crippen molar-refractivity contribution in [2.24, 2.45) is 0 Å². The quantitative estimate of drug-likeness (QED) is 0.601. The lowest BCUT2D eigenvalue weighted by Gasteiger charge is -2.26. The van der Waals surface area contributed by atoms with Gasteiger partial charge in [-0.15, -0.1) is 0 Å². The lowest BCUT2D eigenvalue weighted by molar-refractivity contribution is -0.138. The average Bonchev–Trinajstić information content (AvgIpc) is 2.66. The average molecular weight is 444 g/mol. The van der Waals surface area contributed by atoms with E-state index in [0.29, 0.717) is 12.3 Å². The maximum atomic E-state index is 12.2. The summed E-state index contributed by atoms with van der Waals surface area (Å²) in [6.45, 7) is -0.257. The number of aliphatic hydroxyl groups excluding tert-OH is 1. The van der Waals surface area contributed by atoms with Crippen LogP contribution in [0.3, 0.4) is 0 Å². The number of carboxylic acid groups (broad SMARTS) is 1. The molecule has 0 spiro atoms. The van der Waals surface area contributed by atoms with Crippen LogP contribution >= 0.6 is 0 Å². The molecule has 1 heterocycles. The van der Waals surface area contributed by atoms with Crippen molar-refractivity contribution in [3.8, 4) is 5.75 Å². The van der Waals surface area contributed by atoms with E-state index >= 15 is 0 Å². The molecule has 1 saturated carbocycles. The van der Waals surface area contributed by atoms with Crippen molar-refractivity contribution in [3.05, 3.63) is 41.2 Å². The molecule has 3 N–H and O–H groups in total. The van der Waals surface area contributed by atoms with Gasteiger partial charge < -0.3 is 25.2 Å². The second-order valence-electron chi connectivity index (χ2n) is 7.07. The molecule has 2 aliphatic rings. The minimum Gasteiger partial charge on any atom is -0.511 e. The number of amides is 2. The van der Waals surface area contributed by atoms with Crippen LogP contribution < -0.4 is 10.1 Å². The Balaban J connectivity index is 0.000000220. The van der Waals surface area contributed by atoms with E-state index in [9.17, 15) is 32.7 Å². The number of hydrogen-bond acceptors (Lipinski definition) is 5. The largest absolute Gasteiger partial charge is 0.511 e. The van der Waals surface area contributed by atoms with Crippen LogP contribution in [0.25, 0.3) is 0 Å². The summed E-state index contributed by atoms with van der Waals surface area (Å²) in [5, 5.41) is 19.8.